The topological polar surface area (TPSA) is 15.3 Å². The zero-order valence-corrected chi connectivity index (χ0v) is 12.6. The Kier molecular flexibility index (Phi) is 5.50. The van der Waals surface area contributed by atoms with Gasteiger partial charge in [0.2, 0.25) is 0 Å². The van der Waals surface area contributed by atoms with Crippen molar-refractivity contribution in [1.29, 1.82) is 0 Å². The minimum absolute atomic E-state index is 0.794. The third-order valence-corrected chi connectivity index (χ3v) is 5.20. The van der Waals surface area contributed by atoms with Crippen LogP contribution in [0.15, 0.2) is 0 Å². The van der Waals surface area contributed by atoms with Crippen molar-refractivity contribution in [3.63, 3.8) is 0 Å². The van der Waals surface area contributed by atoms with E-state index in [1.54, 1.807) is 0 Å². The molecule has 2 nitrogen and oxygen atoms in total. The minimum atomic E-state index is 0.794. The summed E-state index contributed by atoms with van der Waals surface area (Å²) in [6.07, 6.45) is 7.12. The van der Waals surface area contributed by atoms with Crippen LogP contribution < -0.4 is 5.32 Å². The number of rotatable bonds is 5. The Bertz CT molecular complexity index is 239. The van der Waals surface area contributed by atoms with Crippen molar-refractivity contribution in [3.8, 4) is 0 Å². The van der Waals surface area contributed by atoms with E-state index in [1.807, 2.05) is 0 Å². The molecule has 2 fully saturated rings. The van der Waals surface area contributed by atoms with Gasteiger partial charge in [-0.2, -0.15) is 0 Å². The smallest absolute Gasteiger partial charge is 0.0107 e. The van der Waals surface area contributed by atoms with Crippen molar-refractivity contribution in [2.75, 3.05) is 26.2 Å². The van der Waals surface area contributed by atoms with Gasteiger partial charge in [-0.05, 0) is 43.6 Å². The van der Waals surface area contributed by atoms with E-state index >= 15 is 0 Å². The summed E-state index contributed by atoms with van der Waals surface area (Å²) in [6.45, 7) is 12.3. The number of likely N-dealkylation sites (tertiary alicyclic amines) is 1. The van der Waals surface area contributed by atoms with E-state index in [-0.39, 0.29) is 0 Å². The zero-order chi connectivity index (χ0) is 13.0. The maximum atomic E-state index is 3.80. The van der Waals surface area contributed by atoms with Gasteiger partial charge in [0.05, 0.1) is 0 Å². The van der Waals surface area contributed by atoms with Gasteiger partial charge >= 0.3 is 0 Å². The van der Waals surface area contributed by atoms with Gasteiger partial charge in [-0.3, -0.25) is 0 Å². The number of hydrogen-bond acceptors (Lipinski definition) is 2. The molecule has 1 saturated carbocycles. The summed E-state index contributed by atoms with van der Waals surface area (Å²) in [5.41, 5.74) is 0. The molecule has 3 unspecified atom stereocenters. The van der Waals surface area contributed by atoms with Crippen molar-refractivity contribution >= 4 is 0 Å². The van der Waals surface area contributed by atoms with Crippen LogP contribution in [0.5, 0.6) is 0 Å². The van der Waals surface area contributed by atoms with E-state index in [2.05, 4.69) is 31.0 Å². The Hall–Kier alpha value is -0.0800. The van der Waals surface area contributed by atoms with E-state index in [1.165, 1.54) is 58.3 Å². The average molecular weight is 252 g/mol. The van der Waals surface area contributed by atoms with E-state index in [9.17, 15) is 0 Å². The molecule has 3 atom stereocenters. The first-order valence-electron chi connectivity index (χ1n) is 8.12. The van der Waals surface area contributed by atoms with Crippen LogP contribution in [-0.2, 0) is 0 Å². The number of hydrogen-bond donors (Lipinski definition) is 1. The van der Waals surface area contributed by atoms with Crippen LogP contribution in [0, 0.1) is 17.8 Å². The molecule has 0 aromatic carbocycles. The molecule has 2 aliphatic rings. The van der Waals surface area contributed by atoms with Crippen LogP contribution in [0.4, 0.5) is 0 Å². The molecule has 18 heavy (non-hydrogen) atoms. The van der Waals surface area contributed by atoms with Crippen molar-refractivity contribution in [1.82, 2.24) is 10.2 Å². The monoisotopic (exact) mass is 252 g/mol. The SMILES string of the molecule is CC(C)C1CCN(CCNC2CCCCC2C)C1. The molecule has 1 saturated heterocycles. The fourth-order valence-electron chi connectivity index (χ4n) is 3.64. The maximum absolute atomic E-state index is 3.80. The Morgan fingerprint density at radius 2 is 1.94 bits per heavy atom. The van der Waals surface area contributed by atoms with Gasteiger partial charge in [0.25, 0.3) is 0 Å². The van der Waals surface area contributed by atoms with Crippen LogP contribution in [-0.4, -0.2) is 37.1 Å². The van der Waals surface area contributed by atoms with Gasteiger partial charge in [-0.25, -0.2) is 0 Å². The van der Waals surface area contributed by atoms with Gasteiger partial charge < -0.3 is 10.2 Å². The third-order valence-electron chi connectivity index (χ3n) is 5.20. The van der Waals surface area contributed by atoms with Crippen molar-refractivity contribution in [2.45, 2.75) is 58.9 Å². The van der Waals surface area contributed by atoms with Crippen LogP contribution in [0.1, 0.15) is 52.9 Å². The van der Waals surface area contributed by atoms with Crippen LogP contribution in [0.25, 0.3) is 0 Å². The molecule has 2 heteroatoms. The molecule has 1 aliphatic carbocycles. The highest BCUT2D eigenvalue weighted by molar-refractivity contribution is 4.81. The normalized spacial score (nSPS) is 34.3. The van der Waals surface area contributed by atoms with Crippen molar-refractivity contribution in [3.05, 3.63) is 0 Å². The average Bonchev–Trinajstić information content (AvgIpc) is 2.80. The summed E-state index contributed by atoms with van der Waals surface area (Å²) in [7, 11) is 0. The van der Waals surface area contributed by atoms with E-state index < -0.39 is 0 Å². The fourth-order valence-corrected chi connectivity index (χ4v) is 3.64. The number of nitrogens with one attached hydrogen (secondary N) is 1. The maximum Gasteiger partial charge on any atom is 0.0107 e. The Balaban J connectivity index is 1.61. The predicted octanol–water partition coefficient (Wildman–Crippen LogP) is 3.13. The molecule has 0 aromatic heterocycles. The molecular weight excluding hydrogens is 220 g/mol. The molecule has 1 N–H and O–H groups in total. The molecule has 0 amide bonds. The Morgan fingerprint density at radius 1 is 1.17 bits per heavy atom. The zero-order valence-electron chi connectivity index (χ0n) is 12.6. The second-order valence-electron chi connectivity index (χ2n) is 6.92. The van der Waals surface area contributed by atoms with Crippen LogP contribution in [0.3, 0.4) is 0 Å². The van der Waals surface area contributed by atoms with Crippen LogP contribution >= 0.6 is 0 Å². The minimum Gasteiger partial charge on any atom is -0.312 e. The first-order chi connectivity index (χ1) is 8.66. The lowest BCUT2D eigenvalue weighted by Gasteiger charge is -2.30. The summed E-state index contributed by atoms with van der Waals surface area (Å²) in [4.78, 5) is 2.66. The molecule has 0 aromatic rings. The Labute approximate surface area is 114 Å². The third kappa shape index (κ3) is 3.96. The summed E-state index contributed by atoms with van der Waals surface area (Å²) in [5.74, 6) is 2.70. The van der Waals surface area contributed by atoms with Gasteiger partial charge in [-0.1, -0.05) is 33.6 Å². The predicted molar refractivity (Wildman–Crippen MR) is 78.8 cm³/mol. The van der Waals surface area contributed by atoms with Crippen molar-refractivity contribution in [2.24, 2.45) is 17.8 Å². The second kappa shape index (κ2) is 6.91. The summed E-state index contributed by atoms with van der Waals surface area (Å²) >= 11 is 0. The Morgan fingerprint density at radius 3 is 2.61 bits per heavy atom. The molecule has 106 valence electrons. The molecular formula is C16H32N2. The second-order valence-corrected chi connectivity index (χ2v) is 6.92. The summed E-state index contributed by atoms with van der Waals surface area (Å²) in [5, 5.41) is 3.80. The number of nitrogens with zero attached hydrogens (tertiary/aromatic N) is 1. The lowest BCUT2D eigenvalue weighted by Crippen LogP contribution is -2.41. The standard InChI is InChI=1S/C16H32N2/c1-13(2)15-8-10-18(12-15)11-9-17-16-7-5-4-6-14(16)3/h13-17H,4-12H2,1-3H3. The first-order valence-corrected chi connectivity index (χ1v) is 8.12. The van der Waals surface area contributed by atoms with Crippen molar-refractivity contribution < 1.29 is 0 Å². The highest BCUT2D eigenvalue weighted by atomic mass is 15.2. The highest BCUT2D eigenvalue weighted by Crippen LogP contribution is 2.24. The summed E-state index contributed by atoms with van der Waals surface area (Å²) < 4.78 is 0. The highest BCUT2D eigenvalue weighted by Gasteiger charge is 2.25. The molecule has 0 bridgehead atoms. The molecule has 2 rings (SSSR count). The molecule has 1 heterocycles. The first kappa shape index (κ1) is 14.3. The quantitative estimate of drug-likeness (QED) is 0.809. The van der Waals surface area contributed by atoms with E-state index in [4.69, 9.17) is 0 Å². The van der Waals surface area contributed by atoms with Gasteiger partial charge in [-0.15, -0.1) is 0 Å². The lowest BCUT2D eigenvalue weighted by molar-refractivity contribution is 0.254. The van der Waals surface area contributed by atoms with E-state index in [0.29, 0.717) is 0 Å². The molecule has 1 aliphatic heterocycles. The van der Waals surface area contributed by atoms with E-state index in [0.717, 1.165) is 23.8 Å². The lowest BCUT2D eigenvalue weighted by atomic mass is 9.86. The molecule has 0 spiro atoms. The molecule has 0 radical (unpaired) electrons. The summed E-state index contributed by atoms with van der Waals surface area (Å²) in [6, 6.07) is 0.794. The van der Waals surface area contributed by atoms with Gasteiger partial charge in [0, 0.05) is 25.7 Å². The largest absolute Gasteiger partial charge is 0.312 e. The van der Waals surface area contributed by atoms with Crippen LogP contribution in [0.2, 0.25) is 0 Å². The van der Waals surface area contributed by atoms with Gasteiger partial charge in [0.1, 0.15) is 0 Å². The van der Waals surface area contributed by atoms with Gasteiger partial charge in [0.15, 0.2) is 0 Å². The fraction of sp³-hybridized carbons (Fsp3) is 1.00.